The fraction of sp³-hybridized carbons (Fsp3) is 0.450. The normalized spacial score (nSPS) is 11.0. The Morgan fingerprint density at radius 3 is 2.69 bits per heavy atom. The summed E-state index contributed by atoms with van der Waals surface area (Å²) in [5, 5.41) is 14.7. The minimum atomic E-state index is 0. The number of nitrogens with zero attached hydrogens (tertiary/aromatic N) is 4. The molecule has 2 N–H and O–H groups in total. The third kappa shape index (κ3) is 8.01. The van der Waals surface area contributed by atoms with E-state index in [1.807, 2.05) is 37.6 Å². The lowest BCUT2D eigenvalue weighted by Gasteiger charge is -2.13. The molecule has 0 bridgehead atoms. The van der Waals surface area contributed by atoms with Crippen LogP contribution in [0.5, 0.6) is 5.75 Å². The van der Waals surface area contributed by atoms with Gasteiger partial charge in [0.15, 0.2) is 11.8 Å². The lowest BCUT2D eigenvalue weighted by Crippen LogP contribution is -2.37. The second-order valence-corrected chi connectivity index (χ2v) is 6.36. The van der Waals surface area contributed by atoms with Gasteiger partial charge in [0.25, 0.3) is 0 Å². The smallest absolute Gasteiger partial charge is 0.192 e. The summed E-state index contributed by atoms with van der Waals surface area (Å²) < 4.78 is 12.9. The highest BCUT2D eigenvalue weighted by Gasteiger charge is 2.08. The van der Waals surface area contributed by atoms with Gasteiger partial charge in [0, 0.05) is 26.3 Å². The number of halogens is 1. The minimum absolute atomic E-state index is 0. The zero-order chi connectivity index (χ0) is 20.4. The summed E-state index contributed by atoms with van der Waals surface area (Å²) in [7, 11) is 3.60. The standard InChI is InChI=1S/C20H30N6O2.HI/c1-6-9-21-20(23-14-19-25-24-16(3)26(19)4)22-13-17-8-7-15(2)12-18(17)28-11-10-27-5;/h6-8,12H,1,9-11,13-14H2,2-5H3,(H2,21,22,23);1H. The summed E-state index contributed by atoms with van der Waals surface area (Å²) >= 11 is 0. The first-order valence-electron chi connectivity index (χ1n) is 9.24. The SMILES string of the molecule is C=CCNC(=NCc1ccc(C)cc1OCCOC)NCc1nnc(C)n1C.I. The number of hydrogen-bond donors (Lipinski definition) is 2. The van der Waals surface area contributed by atoms with E-state index in [0.29, 0.717) is 38.8 Å². The van der Waals surface area contributed by atoms with Crippen molar-refractivity contribution in [3.05, 3.63) is 53.6 Å². The van der Waals surface area contributed by atoms with Crippen LogP contribution in [-0.2, 0) is 24.9 Å². The maximum atomic E-state index is 5.85. The summed E-state index contributed by atoms with van der Waals surface area (Å²) in [4.78, 5) is 4.68. The first kappa shape index (κ1) is 24.9. The number of ether oxygens (including phenoxy) is 2. The van der Waals surface area contributed by atoms with Crippen molar-refractivity contribution in [3.63, 3.8) is 0 Å². The molecule has 1 aromatic carbocycles. The van der Waals surface area contributed by atoms with Crippen LogP contribution in [0.4, 0.5) is 0 Å². The fourth-order valence-corrected chi connectivity index (χ4v) is 2.44. The number of benzene rings is 1. The molecule has 9 heteroatoms. The van der Waals surface area contributed by atoms with Crippen LogP contribution in [0.3, 0.4) is 0 Å². The van der Waals surface area contributed by atoms with Gasteiger partial charge in [-0.1, -0.05) is 18.2 Å². The van der Waals surface area contributed by atoms with Gasteiger partial charge in [-0.05, 0) is 25.5 Å². The van der Waals surface area contributed by atoms with E-state index >= 15 is 0 Å². The highest BCUT2D eigenvalue weighted by Crippen LogP contribution is 2.21. The summed E-state index contributed by atoms with van der Waals surface area (Å²) in [6.07, 6.45) is 1.79. The van der Waals surface area contributed by atoms with Crippen molar-refractivity contribution < 1.29 is 9.47 Å². The molecule has 0 radical (unpaired) electrons. The van der Waals surface area contributed by atoms with Gasteiger partial charge < -0.3 is 24.7 Å². The molecule has 0 atom stereocenters. The Kier molecular flexibility index (Phi) is 11.3. The van der Waals surface area contributed by atoms with E-state index in [9.17, 15) is 0 Å². The molecule has 1 heterocycles. The number of nitrogens with one attached hydrogen (secondary N) is 2. The fourth-order valence-electron chi connectivity index (χ4n) is 2.44. The van der Waals surface area contributed by atoms with Gasteiger partial charge in [0.05, 0.1) is 19.7 Å². The van der Waals surface area contributed by atoms with Gasteiger partial charge in [-0.25, -0.2) is 4.99 Å². The van der Waals surface area contributed by atoms with Crippen molar-refractivity contribution >= 4 is 29.9 Å². The van der Waals surface area contributed by atoms with Crippen LogP contribution in [0.25, 0.3) is 0 Å². The first-order chi connectivity index (χ1) is 13.5. The number of hydrogen-bond acceptors (Lipinski definition) is 5. The predicted octanol–water partition coefficient (Wildman–Crippen LogP) is 2.50. The van der Waals surface area contributed by atoms with Crippen LogP contribution in [0.15, 0.2) is 35.8 Å². The van der Waals surface area contributed by atoms with Gasteiger partial charge in [-0.15, -0.1) is 40.8 Å². The van der Waals surface area contributed by atoms with E-state index in [1.54, 1.807) is 13.2 Å². The molecule has 0 aliphatic rings. The minimum Gasteiger partial charge on any atom is -0.491 e. The van der Waals surface area contributed by atoms with E-state index in [0.717, 1.165) is 28.5 Å². The van der Waals surface area contributed by atoms with Gasteiger partial charge in [0.2, 0.25) is 0 Å². The number of aryl methyl sites for hydroxylation is 2. The number of aromatic nitrogens is 3. The lowest BCUT2D eigenvalue weighted by atomic mass is 10.1. The first-order valence-corrected chi connectivity index (χ1v) is 9.24. The number of guanidine groups is 1. The summed E-state index contributed by atoms with van der Waals surface area (Å²) in [5.41, 5.74) is 2.15. The molecule has 1 aromatic heterocycles. The van der Waals surface area contributed by atoms with Crippen LogP contribution in [0, 0.1) is 13.8 Å². The Balaban J connectivity index is 0.00000420. The monoisotopic (exact) mass is 514 g/mol. The Labute approximate surface area is 189 Å². The Morgan fingerprint density at radius 2 is 2.03 bits per heavy atom. The molecule has 2 rings (SSSR count). The maximum Gasteiger partial charge on any atom is 0.192 e. The molecule has 2 aromatic rings. The molecule has 0 aliphatic carbocycles. The molecule has 0 amide bonds. The van der Waals surface area contributed by atoms with E-state index in [-0.39, 0.29) is 24.0 Å². The second-order valence-electron chi connectivity index (χ2n) is 6.36. The number of aliphatic imine (C=N–C) groups is 1. The highest BCUT2D eigenvalue weighted by molar-refractivity contribution is 14.0. The van der Waals surface area contributed by atoms with E-state index in [1.165, 1.54) is 0 Å². The molecule has 0 saturated carbocycles. The molecule has 8 nitrogen and oxygen atoms in total. The van der Waals surface area contributed by atoms with Crippen LogP contribution in [0.1, 0.15) is 22.8 Å². The molecule has 160 valence electrons. The maximum absolute atomic E-state index is 5.85. The van der Waals surface area contributed by atoms with Crippen molar-refractivity contribution in [1.82, 2.24) is 25.4 Å². The molecule has 29 heavy (non-hydrogen) atoms. The number of rotatable bonds is 10. The van der Waals surface area contributed by atoms with Gasteiger partial charge in [-0.2, -0.15) is 0 Å². The topological polar surface area (TPSA) is 85.6 Å². The summed E-state index contributed by atoms with van der Waals surface area (Å²) in [5.74, 6) is 3.20. The molecule has 0 aliphatic heterocycles. The van der Waals surface area contributed by atoms with Crippen molar-refractivity contribution in [3.8, 4) is 5.75 Å². The molecule has 0 fully saturated rings. The van der Waals surface area contributed by atoms with Crippen molar-refractivity contribution in [2.45, 2.75) is 26.9 Å². The average molecular weight is 514 g/mol. The van der Waals surface area contributed by atoms with E-state index < -0.39 is 0 Å². The third-order valence-corrected chi connectivity index (χ3v) is 4.19. The summed E-state index contributed by atoms with van der Waals surface area (Å²) in [6, 6.07) is 6.12. The van der Waals surface area contributed by atoms with Crippen molar-refractivity contribution in [2.24, 2.45) is 12.0 Å². The zero-order valence-corrected chi connectivity index (χ0v) is 19.9. The van der Waals surface area contributed by atoms with Crippen LogP contribution in [0.2, 0.25) is 0 Å². The Morgan fingerprint density at radius 1 is 1.24 bits per heavy atom. The molecule has 0 spiro atoms. The lowest BCUT2D eigenvalue weighted by molar-refractivity contribution is 0.145. The summed E-state index contributed by atoms with van der Waals surface area (Å²) in [6.45, 7) is 10.4. The van der Waals surface area contributed by atoms with Gasteiger partial charge in [0.1, 0.15) is 18.2 Å². The van der Waals surface area contributed by atoms with Crippen LogP contribution >= 0.6 is 24.0 Å². The largest absolute Gasteiger partial charge is 0.491 e. The molecule has 0 saturated heterocycles. The number of methoxy groups -OCH3 is 1. The quantitative estimate of drug-likeness (QED) is 0.167. The van der Waals surface area contributed by atoms with Crippen molar-refractivity contribution in [1.29, 1.82) is 0 Å². The van der Waals surface area contributed by atoms with Gasteiger partial charge >= 0.3 is 0 Å². The molecular formula is C20H31IN6O2. The van der Waals surface area contributed by atoms with E-state index in [4.69, 9.17) is 9.47 Å². The van der Waals surface area contributed by atoms with Gasteiger partial charge in [-0.3, -0.25) is 0 Å². The molecule has 0 unspecified atom stereocenters. The Hall–Kier alpha value is -2.14. The molecular weight excluding hydrogens is 483 g/mol. The zero-order valence-electron chi connectivity index (χ0n) is 17.6. The van der Waals surface area contributed by atoms with E-state index in [2.05, 4.69) is 38.5 Å². The third-order valence-electron chi connectivity index (χ3n) is 4.19. The van der Waals surface area contributed by atoms with Crippen molar-refractivity contribution in [2.75, 3.05) is 26.9 Å². The predicted molar refractivity (Wildman–Crippen MR) is 126 cm³/mol. The average Bonchev–Trinajstić information content (AvgIpc) is 3.01. The van der Waals surface area contributed by atoms with Crippen LogP contribution in [-0.4, -0.2) is 47.6 Å². The van der Waals surface area contributed by atoms with Crippen LogP contribution < -0.4 is 15.4 Å². The highest BCUT2D eigenvalue weighted by atomic mass is 127. The second kappa shape index (κ2) is 13.2. The Bertz CT molecular complexity index is 806.